The second-order valence-electron chi connectivity index (χ2n) is 5.66. The number of nitrogens with zero attached hydrogens (tertiary/aromatic N) is 1. The number of nitriles is 1. The minimum atomic E-state index is -1.47. The van der Waals surface area contributed by atoms with Crippen molar-refractivity contribution in [3.05, 3.63) is 70.5 Å². The van der Waals surface area contributed by atoms with Crippen LogP contribution in [0.15, 0.2) is 42.5 Å². The van der Waals surface area contributed by atoms with E-state index in [1.165, 1.54) is 24.3 Å². The highest BCUT2D eigenvalue weighted by Crippen LogP contribution is 2.37. The van der Waals surface area contributed by atoms with E-state index in [4.69, 9.17) is 5.26 Å². The number of rotatable bonds is 6. The maximum absolute atomic E-state index is 13.3. The summed E-state index contributed by atoms with van der Waals surface area (Å²) in [7, 11) is 1.74. The summed E-state index contributed by atoms with van der Waals surface area (Å²) in [6, 6.07) is 12.1. The van der Waals surface area contributed by atoms with E-state index in [2.05, 4.69) is 5.32 Å². The second-order valence-corrected chi connectivity index (χ2v) is 5.66. The Labute approximate surface area is 141 Å². The lowest BCUT2D eigenvalue weighted by molar-refractivity contribution is 0.0364. The Bertz CT molecular complexity index is 736. The van der Waals surface area contributed by atoms with Crippen LogP contribution in [0.4, 0.5) is 4.39 Å². The van der Waals surface area contributed by atoms with Gasteiger partial charge in [0.05, 0.1) is 18.2 Å². The number of benzene rings is 2. The second kappa shape index (κ2) is 7.54. The largest absolute Gasteiger partial charge is 0.392 e. The molecular weight excluding hydrogens is 307 g/mol. The Hall–Kier alpha value is -2.26. The van der Waals surface area contributed by atoms with E-state index in [9.17, 15) is 14.6 Å². The van der Waals surface area contributed by atoms with Crippen molar-refractivity contribution in [3.8, 4) is 6.07 Å². The van der Waals surface area contributed by atoms with Crippen molar-refractivity contribution in [3.63, 3.8) is 0 Å². The summed E-state index contributed by atoms with van der Waals surface area (Å²) in [6.45, 7) is 1.62. The van der Waals surface area contributed by atoms with Gasteiger partial charge in [0.1, 0.15) is 11.4 Å². The van der Waals surface area contributed by atoms with Gasteiger partial charge in [-0.25, -0.2) is 4.39 Å². The highest BCUT2D eigenvalue weighted by atomic mass is 19.1. The van der Waals surface area contributed by atoms with Crippen LogP contribution in [0.5, 0.6) is 0 Å². The number of aliphatic hydroxyl groups is 2. The summed E-state index contributed by atoms with van der Waals surface area (Å²) in [5, 5.41) is 33.5. The number of hydrogen-bond donors (Lipinski definition) is 3. The first-order valence-electron chi connectivity index (χ1n) is 7.81. The number of hydrogen-bond acceptors (Lipinski definition) is 4. The van der Waals surface area contributed by atoms with Gasteiger partial charge in [0.25, 0.3) is 0 Å². The van der Waals surface area contributed by atoms with Crippen molar-refractivity contribution in [1.82, 2.24) is 5.32 Å². The molecule has 0 bridgehead atoms. The molecule has 0 spiro atoms. The quantitative estimate of drug-likeness (QED) is 0.761. The fourth-order valence-corrected chi connectivity index (χ4v) is 3.12. The molecule has 126 valence electrons. The molecule has 0 amide bonds. The van der Waals surface area contributed by atoms with Gasteiger partial charge in [0.2, 0.25) is 0 Å². The standard InChI is InChI=1S/C19H21FN2O2/c1-3-18(22-2)19(24,15-5-7-16(20)8-6-15)17-9-4-13(11-21)10-14(17)12-23/h4-10,18,22-24H,3,12H2,1-2H3. The lowest BCUT2D eigenvalue weighted by Crippen LogP contribution is -2.48. The van der Waals surface area contributed by atoms with E-state index >= 15 is 0 Å². The first-order valence-corrected chi connectivity index (χ1v) is 7.81. The Balaban J connectivity index is 2.72. The summed E-state index contributed by atoms with van der Waals surface area (Å²) < 4.78 is 13.3. The lowest BCUT2D eigenvalue weighted by Gasteiger charge is -2.38. The van der Waals surface area contributed by atoms with Gasteiger partial charge in [-0.1, -0.05) is 25.1 Å². The first kappa shape index (κ1) is 18.1. The zero-order valence-corrected chi connectivity index (χ0v) is 13.8. The third kappa shape index (κ3) is 3.17. The molecule has 4 nitrogen and oxygen atoms in total. The predicted octanol–water partition coefficient (Wildman–Crippen LogP) is 2.42. The van der Waals surface area contributed by atoms with Crippen molar-refractivity contribution in [2.24, 2.45) is 0 Å². The number of likely N-dealkylation sites (N-methyl/N-ethyl adjacent to an activating group) is 1. The molecule has 24 heavy (non-hydrogen) atoms. The highest BCUT2D eigenvalue weighted by molar-refractivity contribution is 5.46. The van der Waals surface area contributed by atoms with Crippen LogP contribution in [-0.4, -0.2) is 23.3 Å². The maximum atomic E-state index is 13.3. The summed E-state index contributed by atoms with van der Waals surface area (Å²) in [5.74, 6) is -0.388. The predicted molar refractivity (Wildman–Crippen MR) is 89.6 cm³/mol. The molecule has 2 unspecified atom stereocenters. The minimum absolute atomic E-state index is 0.311. The zero-order valence-electron chi connectivity index (χ0n) is 13.8. The molecular formula is C19H21FN2O2. The number of aliphatic hydroxyl groups excluding tert-OH is 1. The van der Waals surface area contributed by atoms with Gasteiger partial charge in [-0.3, -0.25) is 0 Å². The van der Waals surface area contributed by atoms with Gasteiger partial charge >= 0.3 is 0 Å². The molecule has 0 aliphatic rings. The maximum Gasteiger partial charge on any atom is 0.130 e. The molecule has 0 radical (unpaired) electrons. The average molecular weight is 328 g/mol. The highest BCUT2D eigenvalue weighted by Gasteiger charge is 2.40. The Morgan fingerprint density at radius 2 is 1.92 bits per heavy atom. The summed E-state index contributed by atoms with van der Waals surface area (Å²) in [4.78, 5) is 0. The van der Waals surface area contributed by atoms with Gasteiger partial charge in [-0.2, -0.15) is 5.26 Å². The third-order valence-corrected chi connectivity index (χ3v) is 4.36. The van der Waals surface area contributed by atoms with E-state index in [1.54, 1.807) is 25.2 Å². The third-order valence-electron chi connectivity index (χ3n) is 4.36. The normalized spacial score (nSPS) is 14.7. The molecule has 0 heterocycles. The monoisotopic (exact) mass is 328 g/mol. The van der Waals surface area contributed by atoms with Crippen LogP contribution in [0.25, 0.3) is 0 Å². The van der Waals surface area contributed by atoms with Crippen LogP contribution in [-0.2, 0) is 12.2 Å². The summed E-state index contributed by atoms with van der Waals surface area (Å²) in [6.07, 6.45) is 0.606. The molecule has 0 aliphatic carbocycles. The van der Waals surface area contributed by atoms with E-state index in [0.29, 0.717) is 28.7 Å². The molecule has 2 aromatic rings. The van der Waals surface area contributed by atoms with Crippen molar-refractivity contribution in [1.29, 1.82) is 5.26 Å². The molecule has 2 atom stereocenters. The molecule has 0 aromatic heterocycles. The van der Waals surface area contributed by atoms with E-state index in [-0.39, 0.29) is 18.5 Å². The van der Waals surface area contributed by atoms with Gasteiger partial charge in [-0.05, 0) is 54.4 Å². The van der Waals surface area contributed by atoms with Crippen molar-refractivity contribution >= 4 is 0 Å². The van der Waals surface area contributed by atoms with Crippen LogP contribution in [0, 0.1) is 17.1 Å². The molecule has 0 saturated carbocycles. The van der Waals surface area contributed by atoms with Gasteiger partial charge < -0.3 is 15.5 Å². The first-order chi connectivity index (χ1) is 11.5. The molecule has 2 rings (SSSR count). The molecule has 0 aliphatic heterocycles. The van der Waals surface area contributed by atoms with Crippen LogP contribution in [0.3, 0.4) is 0 Å². The topological polar surface area (TPSA) is 76.3 Å². The van der Waals surface area contributed by atoms with E-state index in [1.807, 2.05) is 13.0 Å². The average Bonchev–Trinajstić information content (AvgIpc) is 2.62. The molecule has 5 heteroatoms. The van der Waals surface area contributed by atoms with Crippen LogP contribution < -0.4 is 5.32 Å². The van der Waals surface area contributed by atoms with Gasteiger partial charge in [0, 0.05) is 6.04 Å². The van der Waals surface area contributed by atoms with Gasteiger partial charge in [-0.15, -0.1) is 0 Å². The Morgan fingerprint density at radius 3 is 2.42 bits per heavy atom. The molecule has 0 fully saturated rings. The van der Waals surface area contributed by atoms with Crippen molar-refractivity contribution in [2.45, 2.75) is 31.6 Å². The SMILES string of the molecule is CCC(NC)C(O)(c1ccc(F)cc1)c1ccc(C#N)cc1CO. The zero-order chi connectivity index (χ0) is 17.7. The fourth-order valence-electron chi connectivity index (χ4n) is 3.12. The van der Waals surface area contributed by atoms with Crippen molar-refractivity contribution in [2.75, 3.05) is 7.05 Å². The van der Waals surface area contributed by atoms with E-state index < -0.39 is 5.60 Å². The lowest BCUT2D eigenvalue weighted by atomic mass is 9.77. The van der Waals surface area contributed by atoms with Crippen LogP contribution in [0.2, 0.25) is 0 Å². The molecule has 2 aromatic carbocycles. The number of halogens is 1. The van der Waals surface area contributed by atoms with Crippen molar-refractivity contribution < 1.29 is 14.6 Å². The Morgan fingerprint density at radius 1 is 1.25 bits per heavy atom. The Kier molecular flexibility index (Phi) is 5.68. The van der Waals surface area contributed by atoms with Crippen LogP contribution >= 0.6 is 0 Å². The molecule has 3 N–H and O–H groups in total. The summed E-state index contributed by atoms with van der Waals surface area (Å²) >= 11 is 0. The minimum Gasteiger partial charge on any atom is -0.392 e. The number of nitrogens with one attached hydrogen (secondary N) is 1. The smallest absolute Gasteiger partial charge is 0.130 e. The summed E-state index contributed by atoms with van der Waals surface area (Å²) in [5.41, 5.74) is 0.418. The fraction of sp³-hybridized carbons (Fsp3) is 0.316. The molecule has 0 saturated heterocycles. The van der Waals surface area contributed by atoms with Gasteiger partial charge in [0.15, 0.2) is 0 Å². The van der Waals surface area contributed by atoms with Crippen LogP contribution in [0.1, 0.15) is 35.6 Å². The van der Waals surface area contributed by atoms with E-state index in [0.717, 1.165) is 0 Å².